The highest BCUT2D eigenvalue weighted by molar-refractivity contribution is 7.97. The predicted molar refractivity (Wildman–Crippen MR) is 109 cm³/mol. The summed E-state index contributed by atoms with van der Waals surface area (Å²) in [5, 5.41) is 4.86. The monoisotopic (exact) mass is 404 g/mol. The van der Waals surface area contributed by atoms with Crippen LogP contribution < -0.4 is 5.73 Å². The second-order valence-corrected chi connectivity index (χ2v) is 8.80. The van der Waals surface area contributed by atoms with Gasteiger partial charge in [-0.2, -0.15) is 0 Å². The number of benzene rings is 1. The van der Waals surface area contributed by atoms with E-state index in [1.54, 1.807) is 23.3 Å². The molecule has 3 aromatic rings. The summed E-state index contributed by atoms with van der Waals surface area (Å²) in [6.07, 6.45) is 0. The van der Waals surface area contributed by atoms with Crippen LogP contribution in [-0.4, -0.2) is 28.2 Å². The van der Waals surface area contributed by atoms with Crippen LogP contribution in [0.2, 0.25) is 5.02 Å². The molecule has 2 aromatic heterocycles. The van der Waals surface area contributed by atoms with Gasteiger partial charge in [0, 0.05) is 24.4 Å². The van der Waals surface area contributed by atoms with E-state index >= 15 is 0 Å². The summed E-state index contributed by atoms with van der Waals surface area (Å²) in [4.78, 5) is 6.58. The molecule has 0 saturated heterocycles. The Bertz CT molecular complexity index is 969. The molecule has 0 unspecified atom stereocenters. The third-order valence-corrected chi connectivity index (χ3v) is 7.30. The molecule has 1 aliphatic rings. The molecule has 0 bridgehead atoms. The van der Waals surface area contributed by atoms with Crippen molar-refractivity contribution in [3.63, 3.8) is 0 Å². The molecule has 0 aliphatic carbocycles. The highest BCUT2D eigenvalue weighted by Crippen LogP contribution is 2.45. The van der Waals surface area contributed by atoms with Crippen LogP contribution in [0, 0.1) is 0 Å². The molecule has 0 spiro atoms. The number of nitrogens with two attached hydrogens (primary N) is 1. The smallest absolute Gasteiger partial charge is 0.202 e. The number of rotatable bonds is 3. The molecule has 2 N–H and O–H groups in total. The van der Waals surface area contributed by atoms with Gasteiger partial charge < -0.3 is 10.3 Å². The highest BCUT2D eigenvalue weighted by atomic mass is 35.5. The Labute approximate surface area is 165 Å². The number of aliphatic imine (C=N–C) groups is 1. The van der Waals surface area contributed by atoms with E-state index in [4.69, 9.17) is 21.9 Å². The minimum Gasteiger partial charge on any atom is -0.369 e. The van der Waals surface area contributed by atoms with Crippen LogP contribution in [0.5, 0.6) is 0 Å². The van der Waals surface area contributed by atoms with Gasteiger partial charge in [-0.3, -0.25) is 4.31 Å². The summed E-state index contributed by atoms with van der Waals surface area (Å²) >= 11 is 9.74. The van der Waals surface area contributed by atoms with E-state index in [0.29, 0.717) is 16.7 Å². The van der Waals surface area contributed by atoms with Crippen LogP contribution in [0.25, 0.3) is 21.9 Å². The Kier molecular flexibility index (Phi) is 4.46. The molecule has 0 fully saturated rings. The van der Waals surface area contributed by atoms with Gasteiger partial charge in [-0.15, -0.1) is 11.3 Å². The summed E-state index contributed by atoms with van der Waals surface area (Å²) in [6, 6.07) is 13.8. The second kappa shape index (κ2) is 6.64. The van der Waals surface area contributed by atoms with E-state index in [9.17, 15) is 0 Å². The van der Waals surface area contributed by atoms with Crippen molar-refractivity contribution in [2.45, 2.75) is 12.5 Å². The second-order valence-electron chi connectivity index (χ2n) is 6.24. The Balaban J connectivity index is 1.69. The third kappa shape index (κ3) is 3.11. The molecule has 1 atom stereocenters. The van der Waals surface area contributed by atoms with Gasteiger partial charge in [-0.25, -0.2) is 4.99 Å². The van der Waals surface area contributed by atoms with Gasteiger partial charge >= 0.3 is 0 Å². The first-order chi connectivity index (χ1) is 12.5. The zero-order valence-corrected chi connectivity index (χ0v) is 16.7. The molecule has 134 valence electrons. The van der Waals surface area contributed by atoms with Crippen molar-refractivity contribution in [1.29, 1.82) is 0 Å². The molecule has 4 rings (SSSR count). The summed E-state index contributed by atoms with van der Waals surface area (Å²) < 4.78 is 7.43. The van der Waals surface area contributed by atoms with E-state index < -0.39 is 5.54 Å². The maximum atomic E-state index is 6.54. The topological polar surface area (TPSA) is 67.7 Å². The van der Waals surface area contributed by atoms with Crippen molar-refractivity contribution >= 4 is 40.8 Å². The predicted octanol–water partition coefficient (Wildman–Crippen LogP) is 4.85. The van der Waals surface area contributed by atoms with Crippen molar-refractivity contribution in [3.8, 4) is 21.9 Å². The van der Waals surface area contributed by atoms with Crippen molar-refractivity contribution < 1.29 is 4.52 Å². The first-order valence-corrected chi connectivity index (χ1v) is 10.1. The minimum absolute atomic E-state index is 0.455. The first kappa shape index (κ1) is 17.5. The summed E-state index contributed by atoms with van der Waals surface area (Å²) in [6.45, 7) is 2.05. The number of aromatic nitrogens is 1. The Morgan fingerprint density at radius 1 is 1.27 bits per heavy atom. The van der Waals surface area contributed by atoms with Crippen LogP contribution in [0.1, 0.15) is 11.8 Å². The average Bonchev–Trinajstić information content (AvgIpc) is 3.26. The van der Waals surface area contributed by atoms with Gasteiger partial charge in [0.05, 0.1) is 14.8 Å². The normalized spacial score (nSPS) is 20.3. The first-order valence-electron chi connectivity index (χ1n) is 8.00. The third-order valence-electron chi connectivity index (χ3n) is 4.22. The lowest BCUT2D eigenvalue weighted by molar-refractivity contribution is 0.436. The molecule has 1 aliphatic heterocycles. The molecular formula is C18H17ClN4OS2. The van der Waals surface area contributed by atoms with E-state index in [1.807, 2.05) is 53.8 Å². The summed E-state index contributed by atoms with van der Waals surface area (Å²) in [7, 11) is 1.91. The van der Waals surface area contributed by atoms with Gasteiger partial charge in [-0.05, 0) is 24.9 Å². The highest BCUT2D eigenvalue weighted by Gasteiger charge is 2.35. The Morgan fingerprint density at radius 3 is 2.77 bits per heavy atom. The number of guanidine groups is 1. The van der Waals surface area contributed by atoms with Crippen LogP contribution in [0.3, 0.4) is 0 Å². The maximum Gasteiger partial charge on any atom is 0.202 e. The van der Waals surface area contributed by atoms with Crippen molar-refractivity contribution in [1.82, 2.24) is 9.46 Å². The summed E-state index contributed by atoms with van der Waals surface area (Å²) in [5.41, 5.74) is 7.38. The van der Waals surface area contributed by atoms with E-state index in [1.165, 1.54) is 0 Å². The fraction of sp³-hybridized carbons (Fsp3) is 0.222. The van der Waals surface area contributed by atoms with Crippen molar-refractivity contribution in [2.75, 3.05) is 12.8 Å². The fourth-order valence-corrected chi connectivity index (χ4v) is 5.25. The van der Waals surface area contributed by atoms with E-state index in [2.05, 4.69) is 17.1 Å². The van der Waals surface area contributed by atoms with Gasteiger partial charge in [0.2, 0.25) is 5.96 Å². The molecule has 0 amide bonds. The van der Waals surface area contributed by atoms with Crippen LogP contribution in [0.4, 0.5) is 0 Å². The zero-order valence-electron chi connectivity index (χ0n) is 14.3. The van der Waals surface area contributed by atoms with Gasteiger partial charge in [-0.1, -0.05) is 47.1 Å². The standard InChI is InChI=1S/C18H17ClN4OS2/c1-18(10-25-23(2)17(20)21-18)16-12(19)8-15(26-16)14-9-13(22-24-14)11-6-4-3-5-7-11/h3-9H,10H2,1-2H3,(H2,20,21)/t18-/m0/s1. The lowest BCUT2D eigenvalue weighted by Crippen LogP contribution is -2.39. The van der Waals surface area contributed by atoms with Gasteiger partial charge in [0.1, 0.15) is 11.2 Å². The molecule has 5 nitrogen and oxygen atoms in total. The zero-order chi connectivity index (χ0) is 18.3. The van der Waals surface area contributed by atoms with Gasteiger partial charge in [0.15, 0.2) is 5.76 Å². The quantitative estimate of drug-likeness (QED) is 0.632. The minimum atomic E-state index is -0.455. The lowest BCUT2D eigenvalue weighted by Gasteiger charge is -2.33. The van der Waals surface area contributed by atoms with E-state index in [0.717, 1.165) is 26.8 Å². The number of thiophene rings is 1. The molecule has 0 saturated carbocycles. The van der Waals surface area contributed by atoms with Gasteiger partial charge in [0.25, 0.3) is 0 Å². The maximum absolute atomic E-state index is 6.54. The largest absolute Gasteiger partial charge is 0.369 e. The molecule has 3 heterocycles. The summed E-state index contributed by atoms with van der Waals surface area (Å²) in [5.74, 6) is 1.97. The molecule has 8 heteroatoms. The number of hydrogen-bond donors (Lipinski definition) is 1. The van der Waals surface area contributed by atoms with Crippen LogP contribution >= 0.6 is 34.9 Å². The van der Waals surface area contributed by atoms with E-state index in [-0.39, 0.29) is 0 Å². The molecular weight excluding hydrogens is 388 g/mol. The SMILES string of the molecule is CN1SC[C@@](C)(c2sc(-c3cc(-c4ccccc4)no3)cc2Cl)N=C1N. The molecule has 1 aromatic carbocycles. The lowest BCUT2D eigenvalue weighted by atomic mass is 10.0. The number of halogens is 1. The Morgan fingerprint density at radius 2 is 2.04 bits per heavy atom. The number of hydrogen-bond acceptors (Lipinski definition) is 7. The van der Waals surface area contributed by atoms with Crippen LogP contribution in [-0.2, 0) is 5.54 Å². The van der Waals surface area contributed by atoms with Crippen LogP contribution in [0.15, 0.2) is 52.0 Å². The van der Waals surface area contributed by atoms with Crippen molar-refractivity contribution in [2.24, 2.45) is 10.7 Å². The Hall–Kier alpha value is -1.96. The molecule has 0 radical (unpaired) electrons. The fourth-order valence-electron chi connectivity index (χ4n) is 2.75. The van der Waals surface area contributed by atoms with Crippen molar-refractivity contribution in [3.05, 3.63) is 52.4 Å². The average molecular weight is 405 g/mol. The molecule has 26 heavy (non-hydrogen) atoms. The number of nitrogens with zero attached hydrogens (tertiary/aromatic N) is 3.